The second-order valence-corrected chi connectivity index (χ2v) is 7.97. The van der Waals surface area contributed by atoms with Gasteiger partial charge in [0.1, 0.15) is 5.69 Å². The third kappa shape index (κ3) is 2.83. The molecule has 2 aromatic rings. The van der Waals surface area contributed by atoms with Crippen molar-refractivity contribution in [3.8, 4) is 0 Å². The molecule has 2 saturated heterocycles. The van der Waals surface area contributed by atoms with Crippen molar-refractivity contribution in [1.82, 2.24) is 14.4 Å². The third-order valence-corrected chi connectivity index (χ3v) is 6.36. The average Bonchev–Trinajstić information content (AvgIpc) is 3.23. The largest absolute Gasteiger partial charge is 0.395 e. The van der Waals surface area contributed by atoms with E-state index in [1.54, 1.807) is 4.90 Å². The summed E-state index contributed by atoms with van der Waals surface area (Å²) in [7, 11) is 1.93. The van der Waals surface area contributed by atoms with Crippen LogP contribution in [-0.4, -0.2) is 64.1 Å². The molecule has 1 aromatic carbocycles. The monoisotopic (exact) mass is 369 g/mol. The molecule has 0 radical (unpaired) electrons. The molecule has 0 bridgehead atoms. The summed E-state index contributed by atoms with van der Waals surface area (Å²) < 4.78 is 1.95. The van der Waals surface area contributed by atoms with E-state index in [1.165, 1.54) is 0 Å². The second-order valence-electron chi connectivity index (χ2n) is 7.97. The zero-order chi connectivity index (χ0) is 19.2. The summed E-state index contributed by atoms with van der Waals surface area (Å²) in [4.78, 5) is 29.8. The summed E-state index contributed by atoms with van der Waals surface area (Å²) in [5.74, 6) is 0.100. The Bertz CT molecular complexity index is 901. The number of rotatable bonds is 3. The van der Waals surface area contributed by atoms with Crippen LogP contribution in [0.4, 0.5) is 0 Å². The number of aryl methyl sites for hydroxylation is 2. The molecule has 0 saturated carbocycles. The van der Waals surface area contributed by atoms with E-state index in [0.29, 0.717) is 38.3 Å². The number of carbonyl (C=O) groups is 2. The van der Waals surface area contributed by atoms with E-state index in [4.69, 9.17) is 0 Å². The molecule has 1 N–H and O–H groups in total. The van der Waals surface area contributed by atoms with Gasteiger partial charge in [0.05, 0.1) is 12.0 Å². The number of aliphatic hydroxyl groups is 1. The average molecular weight is 369 g/mol. The molecule has 144 valence electrons. The fourth-order valence-electron chi connectivity index (χ4n) is 4.79. The highest BCUT2D eigenvalue weighted by atomic mass is 16.3. The Morgan fingerprint density at radius 2 is 2.07 bits per heavy atom. The van der Waals surface area contributed by atoms with Crippen LogP contribution < -0.4 is 0 Å². The molecular formula is C21H27N3O3. The quantitative estimate of drug-likeness (QED) is 0.899. The topological polar surface area (TPSA) is 65.8 Å². The summed E-state index contributed by atoms with van der Waals surface area (Å²) in [5, 5.41) is 10.3. The van der Waals surface area contributed by atoms with Crippen molar-refractivity contribution in [1.29, 1.82) is 0 Å². The molecule has 1 aromatic heterocycles. The lowest BCUT2D eigenvalue weighted by atomic mass is 9.78. The molecule has 6 nitrogen and oxygen atoms in total. The molecule has 0 aliphatic carbocycles. The number of β-amino-alcohol motifs (C(OH)–C–C–N with tert-alkyl or cyclic N) is 1. The maximum absolute atomic E-state index is 13.2. The van der Waals surface area contributed by atoms with Crippen LogP contribution in [0.15, 0.2) is 24.3 Å². The third-order valence-electron chi connectivity index (χ3n) is 6.36. The molecule has 1 spiro atoms. The van der Waals surface area contributed by atoms with E-state index >= 15 is 0 Å². The molecule has 4 rings (SSSR count). The first-order chi connectivity index (χ1) is 13.0. The first kappa shape index (κ1) is 18.0. The van der Waals surface area contributed by atoms with Crippen LogP contribution in [0.5, 0.6) is 0 Å². The zero-order valence-electron chi connectivity index (χ0n) is 16.1. The predicted octanol–water partition coefficient (Wildman–Crippen LogP) is 1.93. The zero-order valence-corrected chi connectivity index (χ0v) is 16.1. The van der Waals surface area contributed by atoms with Crippen LogP contribution in [0.1, 0.15) is 35.3 Å². The standard InChI is InChI=1S/C21H27N3O3/c1-15-5-3-6-17-16(15)13-18(22(17)2)19(26)24-10-8-21(14-24)7-4-9-23(11-12-25)20(21)27/h3,5-6,13,25H,4,7-12,14H2,1-2H3. The molecule has 1 atom stereocenters. The Kier molecular flexibility index (Phi) is 4.46. The van der Waals surface area contributed by atoms with Gasteiger partial charge < -0.3 is 19.5 Å². The van der Waals surface area contributed by atoms with E-state index in [-0.39, 0.29) is 18.4 Å². The molecule has 3 heterocycles. The van der Waals surface area contributed by atoms with Gasteiger partial charge in [0.15, 0.2) is 0 Å². The van der Waals surface area contributed by atoms with Gasteiger partial charge in [0.25, 0.3) is 5.91 Å². The van der Waals surface area contributed by atoms with Crippen molar-refractivity contribution < 1.29 is 14.7 Å². The lowest BCUT2D eigenvalue weighted by Crippen LogP contribution is -2.51. The number of carbonyl (C=O) groups excluding carboxylic acids is 2. The Morgan fingerprint density at radius 1 is 1.26 bits per heavy atom. The highest BCUT2D eigenvalue weighted by Crippen LogP contribution is 2.40. The van der Waals surface area contributed by atoms with Gasteiger partial charge in [-0.3, -0.25) is 9.59 Å². The lowest BCUT2D eigenvalue weighted by molar-refractivity contribution is -0.146. The van der Waals surface area contributed by atoms with Gasteiger partial charge >= 0.3 is 0 Å². The number of hydrogen-bond acceptors (Lipinski definition) is 3. The van der Waals surface area contributed by atoms with Crippen LogP contribution >= 0.6 is 0 Å². The van der Waals surface area contributed by atoms with E-state index < -0.39 is 5.41 Å². The van der Waals surface area contributed by atoms with E-state index in [0.717, 1.165) is 29.3 Å². The minimum atomic E-state index is -0.469. The van der Waals surface area contributed by atoms with Gasteiger partial charge in [0, 0.05) is 44.1 Å². The molecule has 27 heavy (non-hydrogen) atoms. The van der Waals surface area contributed by atoms with Gasteiger partial charge in [-0.2, -0.15) is 0 Å². The van der Waals surface area contributed by atoms with E-state index in [9.17, 15) is 14.7 Å². The number of aromatic nitrogens is 1. The molecule has 2 aliphatic rings. The minimum absolute atomic E-state index is 0.00273. The maximum atomic E-state index is 13.2. The molecular weight excluding hydrogens is 342 g/mol. The van der Waals surface area contributed by atoms with Crippen molar-refractivity contribution in [3.63, 3.8) is 0 Å². The summed E-state index contributed by atoms with van der Waals surface area (Å²) in [6.45, 7) is 4.22. The number of aliphatic hydroxyl groups excluding tert-OH is 1. The fraction of sp³-hybridized carbons (Fsp3) is 0.524. The van der Waals surface area contributed by atoms with Gasteiger partial charge in [0.2, 0.25) is 5.91 Å². The van der Waals surface area contributed by atoms with Crippen LogP contribution in [0, 0.1) is 12.3 Å². The van der Waals surface area contributed by atoms with Gasteiger partial charge in [-0.15, -0.1) is 0 Å². The van der Waals surface area contributed by atoms with E-state index in [2.05, 4.69) is 13.0 Å². The summed E-state index contributed by atoms with van der Waals surface area (Å²) >= 11 is 0. The number of fused-ring (bicyclic) bond motifs is 1. The highest BCUT2D eigenvalue weighted by molar-refractivity contribution is 6.00. The number of hydrogen-bond donors (Lipinski definition) is 1. The van der Waals surface area contributed by atoms with Crippen LogP contribution in [0.25, 0.3) is 10.9 Å². The SMILES string of the molecule is Cc1cccc2c1cc(C(=O)N1CCC3(CCCN(CCO)C3=O)C1)n2C. The highest BCUT2D eigenvalue weighted by Gasteiger charge is 2.49. The number of amides is 2. The number of piperidine rings is 1. The summed E-state index contributed by atoms with van der Waals surface area (Å²) in [6, 6.07) is 8.06. The maximum Gasteiger partial charge on any atom is 0.270 e. The van der Waals surface area contributed by atoms with Crippen molar-refractivity contribution in [2.24, 2.45) is 12.5 Å². The molecule has 1 unspecified atom stereocenters. The van der Waals surface area contributed by atoms with E-state index in [1.807, 2.05) is 34.7 Å². The molecule has 2 fully saturated rings. The summed E-state index contributed by atoms with van der Waals surface area (Å²) in [6.07, 6.45) is 2.47. The number of nitrogens with zero attached hydrogens (tertiary/aromatic N) is 3. The second kappa shape index (κ2) is 6.68. The first-order valence-electron chi connectivity index (χ1n) is 9.71. The van der Waals surface area contributed by atoms with Crippen molar-refractivity contribution >= 4 is 22.7 Å². The van der Waals surface area contributed by atoms with Crippen LogP contribution in [-0.2, 0) is 11.8 Å². The Hall–Kier alpha value is -2.34. The Morgan fingerprint density at radius 3 is 2.81 bits per heavy atom. The molecule has 2 aliphatic heterocycles. The van der Waals surface area contributed by atoms with Crippen LogP contribution in [0.3, 0.4) is 0 Å². The normalized spacial score (nSPS) is 23.0. The fourth-order valence-corrected chi connectivity index (χ4v) is 4.79. The van der Waals surface area contributed by atoms with Gasteiger partial charge in [-0.25, -0.2) is 0 Å². The minimum Gasteiger partial charge on any atom is -0.395 e. The smallest absolute Gasteiger partial charge is 0.270 e. The predicted molar refractivity (Wildman–Crippen MR) is 104 cm³/mol. The number of benzene rings is 1. The Balaban J connectivity index is 1.59. The van der Waals surface area contributed by atoms with Crippen molar-refractivity contribution in [2.45, 2.75) is 26.2 Å². The summed E-state index contributed by atoms with van der Waals surface area (Å²) in [5.41, 5.74) is 2.41. The van der Waals surface area contributed by atoms with Gasteiger partial charge in [-0.05, 0) is 43.9 Å². The van der Waals surface area contributed by atoms with Crippen molar-refractivity contribution in [2.75, 3.05) is 32.8 Å². The van der Waals surface area contributed by atoms with Crippen molar-refractivity contribution in [3.05, 3.63) is 35.5 Å². The lowest BCUT2D eigenvalue weighted by Gasteiger charge is -2.39. The Labute approximate surface area is 159 Å². The number of likely N-dealkylation sites (tertiary alicyclic amines) is 2. The molecule has 2 amide bonds. The first-order valence-corrected chi connectivity index (χ1v) is 9.71. The van der Waals surface area contributed by atoms with Crippen LogP contribution in [0.2, 0.25) is 0 Å². The molecule has 6 heteroatoms. The van der Waals surface area contributed by atoms with Gasteiger partial charge in [-0.1, -0.05) is 12.1 Å².